The lowest BCUT2D eigenvalue weighted by Gasteiger charge is -2.18. The maximum Gasteiger partial charge on any atom is 0.408 e. The van der Waals surface area contributed by atoms with E-state index in [2.05, 4.69) is 22.5 Å². The first kappa shape index (κ1) is 24.9. The molecule has 0 saturated heterocycles. The van der Waals surface area contributed by atoms with Crippen LogP contribution in [0.4, 0.5) is 10.5 Å². The van der Waals surface area contributed by atoms with E-state index < -0.39 is 23.9 Å². The van der Waals surface area contributed by atoms with Gasteiger partial charge in [0.2, 0.25) is 11.8 Å². The number of hydrogen-bond donors (Lipinski definition) is 6. The Balaban J connectivity index is 1.96. The van der Waals surface area contributed by atoms with Crippen molar-refractivity contribution in [1.82, 2.24) is 16.0 Å². The summed E-state index contributed by atoms with van der Waals surface area (Å²) in [5.41, 5.74) is 13.8. The van der Waals surface area contributed by atoms with Gasteiger partial charge in [0, 0.05) is 24.2 Å². The van der Waals surface area contributed by atoms with Crippen LogP contribution in [-0.4, -0.2) is 42.9 Å². The van der Waals surface area contributed by atoms with Gasteiger partial charge in [-0.25, -0.2) is 4.79 Å². The third kappa shape index (κ3) is 8.74. The normalized spacial score (nSPS) is 11.0. The van der Waals surface area contributed by atoms with Crippen LogP contribution in [0.5, 0.6) is 0 Å². The number of amides is 3. The number of carbonyl (C=O) groups is 3. The Bertz CT molecular complexity index is 1010. The second-order valence-electron chi connectivity index (χ2n) is 7.14. The van der Waals surface area contributed by atoms with Crippen molar-refractivity contribution in [3.63, 3.8) is 0 Å². The van der Waals surface area contributed by atoms with Gasteiger partial charge in [-0.3, -0.25) is 15.0 Å². The number of ether oxygens (including phenoxy) is 1. The van der Waals surface area contributed by atoms with Crippen LogP contribution in [0.15, 0.2) is 61.2 Å². The molecule has 0 fully saturated rings. The van der Waals surface area contributed by atoms with Crippen LogP contribution in [0.25, 0.3) is 0 Å². The summed E-state index contributed by atoms with van der Waals surface area (Å²) < 4.78 is 4.90. The first-order valence-corrected chi connectivity index (χ1v) is 10.1. The second kappa shape index (κ2) is 12.5. The number of carbonyl (C=O) groups excluding carboxylic acids is 3. The number of alkyl carbamates (subject to hydrolysis) is 1. The topological polar surface area (TPSA) is 172 Å². The predicted molar refractivity (Wildman–Crippen MR) is 125 cm³/mol. The summed E-state index contributed by atoms with van der Waals surface area (Å²) >= 11 is 0. The predicted octanol–water partition coefficient (Wildman–Crippen LogP) is 0.809. The van der Waals surface area contributed by atoms with E-state index in [1.165, 1.54) is 6.08 Å². The summed E-state index contributed by atoms with van der Waals surface area (Å²) in [6, 6.07) is 12.8. The van der Waals surface area contributed by atoms with Crippen molar-refractivity contribution in [2.45, 2.75) is 19.0 Å². The van der Waals surface area contributed by atoms with E-state index in [0.717, 1.165) is 11.1 Å². The minimum absolute atomic E-state index is 0.0140. The summed E-state index contributed by atoms with van der Waals surface area (Å²) in [7, 11) is 0. The van der Waals surface area contributed by atoms with Crippen LogP contribution < -0.4 is 27.4 Å². The van der Waals surface area contributed by atoms with Crippen molar-refractivity contribution >= 4 is 29.4 Å². The van der Waals surface area contributed by atoms with E-state index in [1.54, 1.807) is 42.5 Å². The van der Waals surface area contributed by atoms with Gasteiger partial charge in [0.15, 0.2) is 0 Å². The fourth-order valence-corrected chi connectivity index (χ4v) is 2.84. The number of nitrogens with two attached hydrogens (primary N) is 2. The van der Waals surface area contributed by atoms with Crippen LogP contribution in [0.1, 0.15) is 16.7 Å². The molecule has 33 heavy (non-hydrogen) atoms. The highest BCUT2D eigenvalue weighted by atomic mass is 16.5. The van der Waals surface area contributed by atoms with E-state index in [1.807, 2.05) is 6.07 Å². The molecule has 3 amide bonds. The molecule has 0 aliphatic rings. The van der Waals surface area contributed by atoms with E-state index in [4.69, 9.17) is 21.6 Å². The van der Waals surface area contributed by atoms with Gasteiger partial charge in [-0.1, -0.05) is 49.1 Å². The number of nitrogens with one attached hydrogen (secondary N) is 4. The van der Waals surface area contributed by atoms with Crippen LogP contribution in [0.3, 0.4) is 0 Å². The highest BCUT2D eigenvalue weighted by molar-refractivity contribution is 5.95. The molecule has 8 N–H and O–H groups in total. The Morgan fingerprint density at radius 1 is 1.09 bits per heavy atom. The van der Waals surface area contributed by atoms with E-state index in [9.17, 15) is 14.4 Å². The largest absolute Gasteiger partial charge is 0.445 e. The molecule has 0 aliphatic heterocycles. The van der Waals surface area contributed by atoms with Gasteiger partial charge in [-0.05, 0) is 23.3 Å². The highest BCUT2D eigenvalue weighted by Crippen LogP contribution is 2.08. The fraction of sp³-hybridized carbons (Fsp3) is 0.217. The molecular weight excluding hydrogens is 424 g/mol. The average molecular weight is 453 g/mol. The van der Waals surface area contributed by atoms with Crippen molar-refractivity contribution < 1.29 is 19.1 Å². The van der Waals surface area contributed by atoms with Crippen LogP contribution in [-0.2, 0) is 27.3 Å². The molecule has 2 aromatic rings. The molecular formula is C23H28N6O4. The molecule has 2 rings (SSSR count). The molecule has 10 nitrogen and oxygen atoms in total. The molecule has 0 radical (unpaired) electrons. The van der Waals surface area contributed by atoms with Gasteiger partial charge < -0.3 is 32.2 Å². The van der Waals surface area contributed by atoms with E-state index in [0.29, 0.717) is 11.3 Å². The van der Waals surface area contributed by atoms with Gasteiger partial charge in [-0.15, -0.1) is 0 Å². The summed E-state index contributed by atoms with van der Waals surface area (Å²) in [5.74, 6) is -1.03. The molecule has 0 heterocycles. The smallest absolute Gasteiger partial charge is 0.408 e. The Kier molecular flexibility index (Phi) is 9.44. The fourth-order valence-electron chi connectivity index (χ4n) is 2.84. The number of nitrogen functional groups attached to an aromatic ring is 2. The average Bonchev–Trinajstić information content (AvgIpc) is 2.79. The Morgan fingerprint density at radius 2 is 1.82 bits per heavy atom. The first-order valence-electron chi connectivity index (χ1n) is 10.1. The van der Waals surface area contributed by atoms with Gasteiger partial charge >= 0.3 is 6.09 Å². The van der Waals surface area contributed by atoms with Crippen molar-refractivity contribution in [3.05, 3.63) is 77.9 Å². The number of benzene rings is 2. The standard InChI is InChI=1S/C23H28N6O4/c1-2-10-33-23(32)29-19(12-15-6-8-17(9-7-15)21(25)26)22(31)28-14-20(30)27-13-16-4-3-5-18(24)11-16/h2-9,11,19H,1,10,12-14,24H2,(H3,25,26)(H,27,30)(H,28,31)(H,29,32). The maximum absolute atomic E-state index is 12.7. The summed E-state index contributed by atoms with van der Waals surface area (Å²) in [4.78, 5) is 36.8. The zero-order valence-corrected chi connectivity index (χ0v) is 18.1. The van der Waals surface area contributed by atoms with Gasteiger partial charge in [0.25, 0.3) is 0 Å². The summed E-state index contributed by atoms with van der Waals surface area (Å²) in [6.07, 6.45) is 0.749. The molecule has 174 valence electrons. The molecule has 1 atom stereocenters. The molecule has 0 bridgehead atoms. The summed E-state index contributed by atoms with van der Waals surface area (Å²) in [5, 5.41) is 15.2. The zero-order chi connectivity index (χ0) is 24.2. The third-order valence-electron chi connectivity index (χ3n) is 4.51. The molecule has 0 saturated carbocycles. The number of rotatable bonds is 11. The quantitative estimate of drug-likeness (QED) is 0.127. The SMILES string of the molecule is C=CCOC(=O)NC(Cc1ccc(C(=N)N)cc1)C(=O)NCC(=O)NCc1cccc(N)c1. The van der Waals surface area contributed by atoms with Crippen molar-refractivity contribution in [2.75, 3.05) is 18.9 Å². The molecule has 2 aromatic carbocycles. The molecule has 0 spiro atoms. The second-order valence-corrected chi connectivity index (χ2v) is 7.14. The lowest BCUT2D eigenvalue weighted by Crippen LogP contribution is -2.50. The van der Waals surface area contributed by atoms with Crippen molar-refractivity contribution in [1.29, 1.82) is 5.41 Å². The van der Waals surface area contributed by atoms with Gasteiger partial charge in [-0.2, -0.15) is 0 Å². The Labute approximate surface area is 191 Å². The van der Waals surface area contributed by atoms with Crippen molar-refractivity contribution in [3.8, 4) is 0 Å². The molecule has 0 aromatic heterocycles. The lowest BCUT2D eigenvalue weighted by molar-refractivity contribution is -0.127. The number of anilines is 1. The zero-order valence-electron chi connectivity index (χ0n) is 18.1. The van der Waals surface area contributed by atoms with Crippen molar-refractivity contribution in [2.24, 2.45) is 5.73 Å². The van der Waals surface area contributed by atoms with Gasteiger partial charge in [0.1, 0.15) is 18.5 Å². The summed E-state index contributed by atoms with van der Waals surface area (Å²) in [6.45, 7) is 3.44. The first-order chi connectivity index (χ1) is 15.8. The van der Waals surface area contributed by atoms with E-state index in [-0.39, 0.29) is 32.0 Å². The van der Waals surface area contributed by atoms with Crippen LogP contribution in [0, 0.1) is 5.41 Å². The lowest BCUT2D eigenvalue weighted by atomic mass is 10.0. The Hall–Kier alpha value is -4.34. The minimum Gasteiger partial charge on any atom is -0.445 e. The molecule has 10 heteroatoms. The van der Waals surface area contributed by atoms with Gasteiger partial charge in [0.05, 0.1) is 6.54 Å². The number of amidine groups is 1. The number of hydrogen-bond acceptors (Lipinski definition) is 6. The highest BCUT2D eigenvalue weighted by Gasteiger charge is 2.22. The minimum atomic E-state index is -0.993. The Morgan fingerprint density at radius 3 is 2.45 bits per heavy atom. The van der Waals surface area contributed by atoms with Crippen LogP contribution >= 0.6 is 0 Å². The van der Waals surface area contributed by atoms with Crippen LogP contribution in [0.2, 0.25) is 0 Å². The maximum atomic E-state index is 12.7. The molecule has 0 aliphatic carbocycles. The van der Waals surface area contributed by atoms with E-state index >= 15 is 0 Å². The monoisotopic (exact) mass is 452 g/mol. The molecule has 1 unspecified atom stereocenters. The third-order valence-corrected chi connectivity index (χ3v) is 4.51.